The third kappa shape index (κ3) is 4.22. The van der Waals surface area contributed by atoms with Crippen LogP contribution in [0.5, 0.6) is 5.75 Å². The smallest absolute Gasteiger partial charge is 0.115 e. The van der Waals surface area contributed by atoms with E-state index in [2.05, 4.69) is 18.3 Å². The first kappa shape index (κ1) is 14.4. The molecule has 1 heterocycles. The van der Waals surface area contributed by atoms with Gasteiger partial charge in [0.15, 0.2) is 0 Å². The molecule has 3 nitrogen and oxygen atoms in total. The summed E-state index contributed by atoms with van der Waals surface area (Å²) < 4.78 is 5.52. The Morgan fingerprint density at radius 1 is 1.32 bits per heavy atom. The molecule has 2 N–H and O–H groups in total. The van der Waals surface area contributed by atoms with Crippen molar-refractivity contribution in [3.63, 3.8) is 0 Å². The highest BCUT2D eigenvalue weighted by atomic mass is 16.5. The number of phenols is 1. The number of hydrogen-bond donors (Lipinski definition) is 2. The summed E-state index contributed by atoms with van der Waals surface area (Å²) in [6.45, 7) is 6.01. The van der Waals surface area contributed by atoms with Gasteiger partial charge in [0.05, 0.1) is 0 Å². The summed E-state index contributed by atoms with van der Waals surface area (Å²) in [5, 5.41) is 13.2. The van der Waals surface area contributed by atoms with E-state index in [1.165, 1.54) is 12.0 Å². The van der Waals surface area contributed by atoms with Crippen LogP contribution in [-0.4, -0.2) is 31.4 Å². The molecule has 0 bridgehead atoms. The summed E-state index contributed by atoms with van der Waals surface area (Å²) >= 11 is 0. The highest BCUT2D eigenvalue weighted by molar-refractivity contribution is 5.28. The third-order valence-electron chi connectivity index (χ3n) is 3.97. The molecule has 1 aromatic carbocycles. The summed E-state index contributed by atoms with van der Waals surface area (Å²) in [4.78, 5) is 0. The van der Waals surface area contributed by atoms with E-state index in [0.717, 1.165) is 45.6 Å². The van der Waals surface area contributed by atoms with Gasteiger partial charge in [0.1, 0.15) is 5.75 Å². The summed E-state index contributed by atoms with van der Waals surface area (Å²) in [5.74, 6) is 0.362. The molecule has 0 radical (unpaired) electrons. The van der Waals surface area contributed by atoms with Crippen molar-refractivity contribution < 1.29 is 9.84 Å². The molecule has 0 atom stereocenters. The minimum atomic E-state index is 0.279. The Kier molecular flexibility index (Phi) is 5.23. The summed E-state index contributed by atoms with van der Waals surface area (Å²) in [6.07, 6.45) is 4.37. The number of ether oxygens (including phenoxy) is 1. The van der Waals surface area contributed by atoms with Crippen molar-refractivity contribution in [3.8, 4) is 5.75 Å². The van der Waals surface area contributed by atoms with E-state index in [1.54, 1.807) is 6.07 Å². The van der Waals surface area contributed by atoms with Crippen LogP contribution in [0.15, 0.2) is 24.3 Å². The molecule has 0 aromatic heterocycles. The van der Waals surface area contributed by atoms with Gasteiger partial charge in [-0.05, 0) is 55.3 Å². The third-order valence-corrected chi connectivity index (χ3v) is 3.97. The van der Waals surface area contributed by atoms with Gasteiger partial charge in [0.25, 0.3) is 0 Å². The standard InChI is InChI=1S/C16H25NO2/c1-2-8-17-13-16(6-9-19-10-7-16)12-14-4-3-5-15(18)11-14/h3-5,11,17-18H,2,6-10,12-13H2,1H3. The summed E-state index contributed by atoms with van der Waals surface area (Å²) in [6, 6.07) is 7.65. The fourth-order valence-corrected chi connectivity index (χ4v) is 2.85. The Hall–Kier alpha value is -1.06. The van der Waals surface area contributed by atoms with Gasteiger partial charge in [-0.3, -0.25) is 0 Å². The van der Waals surface area contributed by atoms with E-state index in [-0.39, 0.29) is 5.41 Å². The maximum atomic E-state index is 9.60. The number of aromatic hydroxyl groups is 1. The second-order valence-electron chi connectivity index (χ2n) is 5.64. The topological polar surface area (TPSA) is 41.5 Å². The van der Waals surface area contributed by atoms with Crippen LogP contribution in [-0.2, 0) is 11.2 Å². The van der Waals surface area contributed by atoms with Gasteiger partial charge in [-0.1, -0.05) is 19.1 Å². The highest BCUT2D eigenvalue weighted by Crippen LogP contribution is 2.34. The Labute approximate surface area is 116 Å². The van der Waals surface area contributed by atoms with Gasteiger partial charge >= 0.3 is 0 Å². The van der Waals surface area contributed by atoms with E-state index >= 15 is 0 Å². The van der Waals surface area contributed by atoms with Crippen LogP contribution in [0, 0.1) is 5.41 Å². The molecule has 1 aliphatic rings. The lowest BCUT2D eigenvalue weighted by Crippen LogP contribution is -2.41. The van der Waals surface area contributed by atoms with Gasteiger partial charge in [-0.25, -0.2) is 0 Å². The molecule has 0 aliphatic carbocycles. The molecule has 1 aromatic rings. The predicted molar refractivity (Wildman–Crippen MR) is 77.5 cm³/mol. The summed E-state index contributed by atoms with van der Waals surface area (Å²) in [7, 11) is 0. The first-order valence-electron chi connectivity index (χ1n) is 7.30. The van der Waals surface area contributed by atoms with Crippen LogP contribution in [0.4, 0.5) is 0 Å². The fourth-order valence-electron chi connectivity index (χ4n) is 2.85. The molecule has 0 saturated carbocycles. The van der Waals surface area contributed by atoms with E-state index in [4.69, 9.17) is 4.74 Å². The minimum Gasteiger partial charge on any atom is -0.508 e. The Morgan fingerprint density at radius 3 is 2.79 bits per heavy atom. The zero-order valence-electron chi connectivity index (χ0n) is 11.8. The summed E-state index contributed by atoms with van der Waals surface area (Å²) in [5.41, 5.74) is 1.50. The van der Waals surface area contributed by atoms with E-state index < -0.39 is 0 Å². The van der Waals surface area contributed by atoms with Crippen LogP contribution in [0.1, 0.15) is 31.7 Å². The molecule has 0 unspecified atom stereocenters. The van der Waals surface area contributed by atoms with E-state index in [1.807, 2.05) is 12.1 Å². The van der Waals surface area contributed by atoms with Crippen LogP contribution < -0.4 is 5.32 Å². The molecule has 0 amide bonds. The number of rotatable bonds is 6. The quantitative estimate of drug-likeness (QED) is 0.775. The zero-order valence-corrected chi connectivity index (χ0v) is 11.8. The van der Waals surface area contributed by atoms with Crippen molar-refractivity contribution in [2.75, 3.05) is 26.3 Å². The number of nitrogens with one attached hydrogen (secondary N) is 1. The van der Waals surface area contributed by atoms with Crippen molar-refractivity contribution in [3.05, 3.63) is 29.8 Å². The number of benzene rings is 1. The maximum Gasteiger partial charge on any atom is 0.115 e. The van der Waals surface area contributed by atoms with Crippen molar-refractivity contribution in [1.82, 2.24) is 5.32 Å². The monoisotopic (exact) mass is 263 g/mol. The van der Waals surface area contributed by atoms with Crippen molar-refractivity contribution >= 4 is 0 Å². The molecule has 1 saturated heterocycles. The first-order chi connectivity index (χ1) is 9.24. The lowest BCUT2D eigenvalue weighted by Gasteiger charge is -2.37. The molecule has 1 fully saturated rings. The van der Waals surface area contributed by atoms with Gasteiger partial charge in [0, 0.05) is 19.8 Å². The minimum absolute atomic E-state index is 0.279. The normalized spacial score (nSPS) is 18.4. The first-order valence-corrected chi connectivity index (χ1v) is 7.30. The van der Waals surface area contributed by atoms with E-state index in [9.17, 15) is 5.11 Å². The molecular formula is C16H25NO2. The SMILES string of the molecule is CCCNCC1(Cc2cccc(O)c2)CCOCC1. The average molecular weight is 263 g/mol. The second-order valence-corrected chi connectivity index (χ2v) is 5.64. The Morgan fingerprint density at radius 2 is 2.11 bits per heavy atom. The van der Waals surface area contributed by atoms with Crippen LogP contribution in [0.25, 0.3) is 0 Å². The van der Waals surface area contributed by atoms with Gasteiger partial charge < -0.3 is 15.2 Å². The molecular weight excluding hydrogens is 238 g/mol. The number of hydrogen-bond acceptors (Lipinski definition) is 3. The van der Waals surface area contributed by atoms with Crippen molar-refractivity contribution in [2.24, 2.45) is 5.41 Å². The molecule has 106 valence electrons. The molecule has 19 heavy (non-hydrogen) atoms. The highest BCUT2D eigenvalue weighted by Gasteiger charge is 2.32. The van der Waals surface area contributed by atoms with Gasteiger partial charge in [-0.2, -0.15) is 0 Å². The van der Waals surface area contributed by atoms with Crippen molar-refractivity contribution in [1.29, 1.82) is 0 Å². The average Bonchev–Trinajstić information content (AvgIpc) is 2.40. The van der Waals surface area contributed by atoms with Crippen LogP contribution in [0.2, 0.25) is 0 Å². The van der Waals surface area contributed by atoms with Gasteiger partial charge in [0.2, 0.25) is 0 Å². The molecule has 0 spiro atoms. The molecule has 2 rings (SSSR count). The largest absolute Gasteiger partial charge is 0.508 e. The lowest BCUT2D eigenvalue weighted by atomic mass is 9.75. The molecule has 1 aliphatic heterocycles. The van der Waals surface area contributed by atoms with Crippen LogP contribution >= 0.6 is 0 Å². The zero-order chi connectivity index (χ0) is 13.6. The lowest BCUT2D eigenvalue weighted by molar-refractivity contribution is 0.0150. The number of phenolic OH excluding ortho intramolecular Hbond substituents is 1. The van der Waals surface area contributed by atoms with E-state index in [0.29, 0.717) is 5.75 Å². The Balaban J connectivity index is 2.04. The fraction of sp³-hybridized carbons (Fsp3) is 0.625. The molecule has 3 heteroatoms. The van der Waals surface area contributed by atoms with Gasteiger partial charge in [-0.15, -0.1) is 0 Å². The predicted octanol–water partition coefficient (Wildman–Crippen LogP) is 2.73. The Bertz CT molecular complexity index is 386. The van der Waals surface area contributed by atoms with Crippen LogP contribution in [0.3, 0.4) is 0 Å². The van der Waals surface area contributed by atoms with Crippen molar-refractivity contribution in [2.45, 2.75) is 32.6 Å². The maximum absolute atomic E-state index is 9.60. The second kappa shape index (κ2) is 6.92.